The van der Waals surface area contributed by atoms with Crippen molar-refractivity contribution in [2.24, 2.45) is 0 Å². The minimum absolute atomic E-state index is 0.0735. The number of carbonyl (C=O) groups is 1. The van der Waals surface area contributed by atoms with Crippen LogP contribution in [0.1, 0.15) is 10.4 Å². The molecular weight excluding hydrogens is 384 g/mol. The standard InChI is InChI=1S/C20H11ClN2O5/c21-15-6-3-5-14-18(24)13-9-8-11(10-17(13)28-19(14)15)22-20(25)12-4-1-2-7-16(12)23(26)27/h1-10H,(H,22,25). The molecule has 138 valence electrons. The normalized spacial score (nSPS) is 10.9. The largest absolute Gasteiger partial charge is 0.454 e. The Hall–Kier alpha value is -3.71. The maximum atomic E-state index is 12.6. The number of nitro groups is 1. The maximum Gasteiger partial charge on any atom is 0.282 e. The van der Waals surface area contributed by atoms with E-state index in [1.165, 1.54) is 42.5 Å². The van der Waals surface area contributed by atoms with Gasteiger partial charge in [-0.15, -0.1) is 0 Å². The van der Waals surface area contributed by atoms with Crippen molar-refractivity contribution in [1.29, 1.82) is 0 Å². The van der Waals surface area contributed by atoms with Crippen LogP contribution < -0.4 is 10.7 Å². The summed E-state index contributed by atoms with van der Waals surface area (Å²) in [4.78, 5) is 35.6. The lowest BCUT2D eigenvalue weighted by Crippen LogP contribution is -2.14. The van der Waals surface area contributed by atoms with Crippen molar-refractivity contribution in [1.82, 2.24) is 0 Å². The van der Waals surface area contributed by atoms with Gasteiger partial charge in [-0.2, -0.15) is 0 Å². The molecule has 1 amide bonds. The summed E-state index contributed by atoms with van der Waals surface area (Å²) in [5.41, 5.74) is 0.205. The van der Waals surface area contributed by atoms with Crippen molar-refractivity contribution in [3.63, 3.8) is 0 Å². The number of benzene rings is 3. The number of halogens is 1. The van der Waals surface area contributed by atoms with Gasteiger partial charge in [0, 0.05) is 17.8 Å². The highest BCUT2D eigenvalue weighted by Crippen LogP contribution is 2.27. The van der Waals surface area contributed by atoms with Crippen molar-refractivity contribution in [3.8, 4) is 0 Å². The first kappa shape index (κ1) is 17.7. The van der Waals surface area contributed by atoms with Crippen molar-refractivity contribution in [2.45, 2.75) is 0 Å². The molecule has 0 atom stereocenters. The number of hydrogen-bond donors (Lipinski definition) is 1. The summed E-state index contributed by atoms with van der Waals surface area (Å²) >= 11 is 6.11. The van der Waals surface area contributed by atoms with E-state index in [2.05, 4.69) is 5.32 Å². The van der Waals surface area contributed by atoms with E-state index in [1.54, 1.807) is 18.2 Å². The highest BCUT2D eigenvalue weighted by atomic mass is 35.5. The fraction of sp³-hybridized carbons (Fsp3) is 0. The van der Waals surface area contributed by atoms with Gasteiger partial charge in [-0.25, -0.2) is 0 Å². The minimum atomic E-state index is -0.646. The Bertz CT molecular complexity index is 1330. The highest BCUT2D eigenvalue weighted by Gasteiger charge is 2.19. The van der Waals surface area contributed by atoms with Gasteiger partial charge < -0.3 is 9.73 Å². The van der Waals surface area contributed by atoms with E-state index in [0.717, 1.165) is 0 Å². The second-order valence-corrected chi connectivity index (χ2v) is 6.39. The summed E-state index contributed by atoms with van der Waals surface area (Å²) in [6.07, 6.45) is 0. The summed E-state index contributed by atoms with van der Waals surface area (Å²) < 4.78 is 5.76. The SMILES string of the molecule is O=C(Nc1ccc2c(=O)c3cccc(Cl)c3oc2c1)c1ccccc1[N+](=O)[O-]. The Morgan fingerprint density at radius 2 is 1.82 bits per heavy atom. The molecule has 0 saturated heterocycles. The molecule has 0 radical (unpaired) electrons. The Labute approximate surface area is 162 Å². The summed E-state index contributed by atoms with van der Waals surface area (Å²) in [5.74, 6) is -0.646. The lowest BCUT2D eigenvalue weighted by atomic mass is 10.1. The third kappa shape index (κ3) is 2.97. The van der Waals surface area contributed by atoms with Gasteiger partial charge in [-0.1, -0.05) is 29.8 Å². The molecular formula is C20H11ClN2O5. The van der Waals surface area contributed by atoms with Crippen LogP contribution in [0.3, 0.4) is 0 Å². The molecule has 0 aliphatic heterocycles. The molecule has 1 heterocycles. The molecule has 1 N–H and O–H groups in total. The number of carbonyl (C=O) groups excluding carboxylic acids is 1. The predicted molar refractivity (Wildman–Crippen MR) is 106 cm³/mol. The van der Waals surface area contributed by atoms with Crippen LogP contribution in [0.5, 0.6) is 0 Å². The van der Waals surface area contributed by atoms with E-state index >= 15 is 0 Å². The average molecular weight is 395 g/mol. The predicted octanol–water partition coefficient (Wildman–Crippen LogP) is 4.76. The molecule has 0 aliphatic rings. The van der Waals surface area contributed by atoms with Crippen LogP contribution in [0.2, 0.25) is 5.02 Å². The van der Waals surface area contributed by atoms with Crippen LogP contribution in [0.25, 0.3) is 21.9 Å². The number of fused-ring (bicyclic) bond motifs is 2. The molecule has 0 saturated carbocycles. The van der Waals surface area contributed by atoms with Crippen LogP contribution in [0.15, 0.2) is 69.9 Å². The molecule has 4 rings (SSSR count). The van der Waals surface area contributed by atoms with Gasteiger partial charge >= 0.3 is 0 Å². The minimum Gasteiger partial charge on any atom is -0.454 e. The first-order valence-corrected chi connectivity index (χ1v) is 8.53. The second kappa shape index (κ2) is 6.79. The molecule has 3 aromatic carbocycles. The third-order valence-electron chi connectivity index (χ3n) is 4.25. The van der Waals surface area contributed by atoms with E-state index < -0.39 is 10.8 Å². The van der Waals surface area contributed by atoms with Gasteiger partial charge in [0.15, 0.2) is 5.58 Å². The smallest absolute Gasteiger partial charge is 0.282 e. The van der Waals surface area contributed by atoms with Gasteiger partial charge in [-0.3, -0.25) is 19.7 Å². The monoisotopic (exact) mass is 394 g/mol. The van der Waals surface area contributed by atoms with E-state index in [0.29, 0.717) is 21.5 Å². The zero-order chi connectivity index (χ0) is 19.8. The molecule has 7 nitrogen and oxygen atoms in total. The van der Waals surface area contributed by atoms with Gasteiger partial charge in [-0.05, 0) is 30.3 Å². The highest BCUT2D eigenvalue weighted by molar-refractivity contribution is 6.34. The first-order chi connectivity index (χ1) is 13.5. The van der Waals surface area contributed by atoms with Crippen LogP contribution in [-0.4, -0.2) is 10.8 Å². The number of amides is 1. The van der Waals surface area contributed by atoms with Crippen LogP contribution in [0.4, 0.5) is 11.4 Å². The van der Waals surface area contributed by atoms with E-state index in [-0.39, 0.29) is 27.8 Å². The quantitative estimate of drug-likeness (QED) is 0.306. The van der Waals surface area contributed by atoms with Crippen molar-refractivity contribution < 1.29 is 14.1 Å². The Morgan fingerprint density at radius 3 is 2.61 bits per heavy atom. The summed E-state index contributed by atoms with van der Waals surface area (Å²) in [6.45, 7) is 0. The van der Waals surface area contributed by atoms with E-state index in [9.17, 15) is 19.7 Å². The van der Waals surface area contributed by atoms with Crippen LogP contribution in [-0.2, 0) is 0 Å². The number of nitrogens with zero attached hydrogens (tertiary/aromatic N) is 1. The van der Waals surface area contributed by atoms with Crippen molar-refractivity contribution in [3.05, 3.63) is 91.6 Å². The Balaban J connectivity index is 1.77. The molecule has 0 unspecified atom stereocenters. The number of nitro benzene ring substituents is 1. The zero-order valence-corrected chi connectivity index (χ0v) is 14.9. The average Bonchev–Trinajstić information content (AvgIpc) is 2.69. The maximum absolute atomic E-state index is 12.6. The molecule has 0 bridgehead atoms. The first-order valence-electron chi connectivity index (χ1n) is 8.15. The molecule has 0 fully saturated rings. The van der Waals surface area contributed by atoms with Crippen molar-refractivity contribution >= 4 is 50.8 Å². The Kier molecular flexibility index (Phi) is 4.29. The molecule has 0 aliphatic carbocycles. The summed E-state index contributed by atoms with van der Waals surface area (Å²) in [5, 5.41) is 14.7. The Morgan fingerprint density at radius 1 is 1.04 bits per heavy atom. The lowest BCUT2D eigenvalue weighted by Gasteiger charge is -2.08. The molecule has 4 aromatic rings. The molecule has 28 heavy (non-hydrogen) atoms. The number of anilines is 1. The lowest BCUT2D eigenvalue weighted by molar-refractivity contribution is -0.385. The zero-order valence-electron chi connectivity index (χ0n) is 14.1. The third-order valence-corrected chi connectivity index (χ3v) is 4.55. The topological polar surface area (TPSA) is 102 Å². The van der Waals surface area contributed by atoms with Crippen LogP contribution in [0, 0.1) is 10.1 Å². The summed E-state index contributed by atoms with van der Waals surface area (Å²) in [6, 6.07) is 15.1. The van der Waals surface area contributed by atoms with Gasteiger partial charge in [0.2, 0.25) is 5.43 Å². The summed E-state index contributed by atoms with van der Waals surface area (Å²) in [7, 11) is 0. The van der Waals surface area contributed by atoms with Crippen LogP contribution >= 0.6 is 11.6 Å². The van der Waals surface area contributed by atoms with Gasteiger partial charge in [0.1, 0.15) is 11.1 Å². The van der Waals surface area contributed by atoms with Gasteiger partial charge in [0.05, 0.1) is 20.7 Å². The fourth-order valence-corrected chi connectivity index (χ4v) is 3.15. The van der Waals surface area contributed by atoms with E-state index in [1.807, 2.05) is 0 Å². The number of para-hydroxylation sites is 2. The fourth-order valence-electron chi connectivity index (χ4n) is 2.94. The molecule has 8 heteroatoms. The van der Waals surface area contributed by atoms with E-state index in [4.69, 9.17) is 16.0 Å². The van der Waals surface area contributed by atoms with Crippen molar-refractivity contribution in [2.75, 3.05) is 5.32 Å². The number of rotatable bonds is 3. The van der Waals surface area contributed by atoms with Gasteiger partial charge in [0.25, 0.3) is 11.6 Å². The molecule has 0 spiro atoms. The number of nitrogens with one attached hydrogen (secondary N) is 1. The number of hydrogen-bond acceptors (Lipinski definition) is 5. The second-order valence-electron chi connectivity index (χ2n) is 5.99. The molecule has 1 aromatic heterocycles.